The van der Waals surface area contributed by atoms with E-state index in [0.717, 1.165) is 5.56 Å². The molecule has 14 heavy (non-hydrogen) atoms. The van der Waals surface area contributed by atoms with Crippen molar-refractivity contribution >= 4 is 0 Å². The lowest BCUT2D eigenvalue weighted by molar-refractivity contribution is 0.0430. The Hall–Kier alpha value is -0.860. The second-order valence-electron chi connectivity index (χ2n) is 3.51. The Balaban J connectivity index is 2.43. The Morgan fingerprint density at radius 2 is 2.21 bits per heavy atom. The molecule has 0 aromatic heterocycles. The Labute approximate surface area is 85.5 Å². The fourth-order valence-electron chi connectivity index (χ4n) is 1.42. The molecule has 0 fully saturated rings. The van der Waals surface area contributed by atoms with Gasteiger partial charge in [0.25, 0.3) is 0 Å². The van der Waals surface area contributed by atoms with Gasteiger partial charge in [0, 0.05) is 13.0 Å². The minimum Gasteiger partial charge on any atom is -0.390 e. The molecule has 1 N–H and O–H groups in total. The molecule has 2 nitrogen and oxygen atoms in total. The Morgan fingerprint density at radius 1 is 1.43 bits per heavy atom. The molecule has 0 aliphatic heterocycles. The molecule has 0 spiro atoms. The summed E-state index contributed by atoms with van der Waals surface area (Å²) in [7, 11) is 0. The van der Waals surface area contributed by atoms with Crippen LogP contribution in [0.5, 0.6) is 0 Å². The van der Waals surface area contributed by atoms with Gasteiger partial charge in [0.1, 0.15) is 0 Å². The predicted molar refractivity (Wildman–Crippen MR) is 57.4 cm³/mol. The van der Waals surface area contributed by atoms with E-state index in [0.29, 0.717) is 19.6 Å². The van der Waals surface area contributed by atoms with Crippen LogP contribution in [-0.2, 0) is 11.2 Å². The van der Waals surface area contributed by atoms with Crippen LogP contribution in [0.1, 0.15) is 18.1 Å². The zero-order valence-corrected chi connectivity index (χ0v) is 8.86. The van der Waals surface area contributed by atoms with Crippen molar-refractivity contribution in [3.63, 3.8) is 0 Å². The molecule has 0 radical (unpaired) electrons. The highest BCUT2D eigenvalue weighted by atomic mass is 16.5. The molecule has 1 aromatic carbocycles. The van der Waals surface area contributed by atoms with Crippen molar-refractivity contribution in [2.24, 2.45) is 0 Å². The molecule has 2 heteroatoms. The third-order valence-corrected chi connectivity index (χ3v) is 2.07. The number of aryl methyl sites for hydroxylation is 1. The number of hydrogen-bond acceptors (Lipinski definition) is 2. The van der Waals surface area contributed by atoms with Crippen LogP contribution in [0.25, 0.3) is 0 Å². The van der Waals surface area contributed by atoms with Crippen LogP contribution in [0.2, 0.25) is 0 Å². The van der Waals surface area contributed by atoms with Crippen LogP contribution in [0.4, 0.5) is 0 Å². The molecular formula is C12H18O2. The van der Waals surface area contributed by atoms with Crippen LogP contribution in [0.3, 0.4) is 0 Å². The van der Waals surface area contributed by atoms with Gasteiger partial charge in [0.15, 0.2) is 0 Å². The third-order valence-electron chi connectivity index (χ3n) is 2.07. The van der Waals surface area contributed by atoms with E-state index in [-0.39, 0.29) is 0 Å². The van der Waals surface area contributed by atoms with Gasteiger partial charge in [-0.2, -0.15) is 0 Å². The van der Waals surface area contributed by atoms with Crippen LogP contribution in [-0.4, -0.2) is 24.4 Å². The smallest absolute Gasteiger partial charge is 0.0813 e. The SMILES string of the molecule is CCOCC(O)Cc1cccc(C)c1. The lowest BCUT2D eigenvalue weighted by Gasteiger charge is -2.10. The van der Waals surface area contributed by atoms with Gasteiger partial charge in [-0.25, -0.2) is 0 Å². The topological polar surface area (TPSA) is 29.5 Å². The number of hydrogen-bond donors (Lipinski definition) is 1. The first-order chi connectivity index (χ1) is 6.72. The van der Waals surface area contributed by atoms with Crippen molar-refractivity contribution in [2.45, 2.75) is 26.4 Å². The van der Waals surface area contributed by atoms with E-state index in [1.807, 2.05) is 19.1 Å². The summed E-state index contributed by atoms with van der Waals surface area (Å²) >= 11 is 0. The van der Waals surface area contributed by atoms with Gasteiger partial charge in [-0.15, -0.1) is 0 Å². The van der Waals surface area contributed by atoms with Crippen LogP contribution in [0, 0.1) is 6.92 Å². The summed E-state index contributed by atoms with van der Waals surface area (Å²) in [6.07, 6.45) is 0.276. The maximum Gasteiger partial charge on any atom is 0.0813 e. The Bertz CT molecular complexity index is 271. The summed E-state index contributed by atoms with van der Waals surface area (Å²) in [6, 6.07) is 8.19. The average Bonchev–Trinajstić information content (AvgIpc) is 2.15. The number of aliphatic hydroxyl groups is 1. The van der Waals surface area contributed by atoms with Crippen LogP contribution in [0.15, 0.2) is 24.3 Å². The molecule has 1 atom stereocenters. The second kappa shape index (κ2) is 5.78. The number of aliphatic hydroxyl groups excluding tert-OH is 1. The van der Waals surface area contributed by atoms with E-state index < -0.39 is 6.10 Å². The summed E-state index contributed by atoms with van der Waals surface area (Å²) in [5.74, 6) is 0. The predicted octanol–water partition coefficient (Wildman–Crippen LogP) is 1.93. The van der Waals surface area contributed by atoms with Crippen molar-refractivity contribution in [3.05, 3.63) is 35.4 Å². The monoisotopic (exact) mass is 194 g/mol. The Morgan fingerprint density at radius 3 is 2.86 bits per heavy atom. The van der Waals surface area contributed by atoms with E-state index in [4.69, 9.17) is 4.74 Å². The van der Waals surface area contributed by atoms with Gasteiger partial charge in [0.05, 0.1) is 12.7 Å². The highest BCUT2D eigenvalue weighted by Crippen LogP contribution is 2.06. The summed E-state index contributed by atoms with van der Waals surface area (Å²) < 4.78 is 5.15. The first kappa shape index (κ1) is 11.2. The lowest BCUT2D eigenvalue weighted by atomic mass is 10.1. The van der Waals surface area contributed by atoms with Crippen molar-refractivity contribution in [1.82, 2.24) is 0 Å². The molecule has 0 saturated heterocycles. The molecule has 78 valence electrons. The van der Waals surface area contributed by atoms with E-state index in [9.17, 15) is 5.11 Å². The van der Waals surface area contributed by atoms with Gasteiger partial charge >= 0.3 is 0 Å². The average molecular weight is 194 g/mol. The van der Waals surface area contributed by atoms with E-state index in [1.165, 1.54) is 5.56 Å². The Kier molecular flexibility index (Phi) is 4.63. The molecule has 0 amide bonds. The molecule has 1 rings (SSSR count). The fraction of sp³-hybridized carbons (Fsp3) is 0.500. The largest absolute Gasteiger partial charge is 0.390 e. The molecule has 0 bridgehead atoms. The quantitative estimate of drug-likeness (QED) is 0.776. The second-order valence-corrected chi connectivity index (χ2v) is 3.51. The van der Waals surface area contributed by atoms with Gasteiger partial charge in [0.2, 0.25) is 0 Å². The zero-order valence-electron chi connectivity index (χ0n) is 8.86. The molecule has 1 unspecified atom stereocenters. The highest BCUT2D eigenvalue weighted by molar-refractivity contribution is 5.22. The summed E-state index contributed by atoms with van der Waals surface area (Å²) in [4.78, 5) is 0. The van der Waals surface area contributed by atoms with Crippen molar-refractivity contribution in [2.75, 3.05) is 13.2 Å². The number of ether oxygens (including phenoxy) is 1. The standard InChI is InChI=1S/C12H18O2/c1-3-14-9-12(13)8-11-6-4-5-10(2)7-11/h4-7,12-13H,3,8-9H2,1-2H3. The van der Waals surface area contributed by atoms with Gasteiger partial charge in [-0.3, -0.25) is 0 Å². The summed E-state index contributed by atoms with van der Waals surface area (Å²) in [6.45, 7) is 5.06. The number of rotatable bonds is 5. The third kappa shape index (κ3) is 3.90. The van der Waals surface area contributed by atoms with Gasteiger partial charge < -0.3 is 9.84 Å². The maximum atomic E-state index is 9.60. The minimum absolute atomic E-state index is 0.392. The van der Waals surface area contributed by atoms with Crippen molar-refractivity contribution in [3.8, 4) is 0 Å². The van der Waals surface area contributed by atoms with E-state index in [1.54, 1.807) is 0 Å². The maximum absolute atomic E-state index is 9.60. The zero-order chi connectivity index (χ0) is 10.4. The van der Waals surface area contributed by atoms with Gasteiger partial charge in [-0.05, 0) is 19.4 Å². The molecule has 0 aliphatic carbocycles. The molecule has 0 aliphatic rings. The molecule has 0 heterocycles. The first-order valence-corrected chi connectivity index (χ1v) is 5.03. The van der Waals surface area contributed by atoms with Crippen LogP contribution >= 0.6 is 0 Å². The minimum atomic E-state index is -0.392. The summed E-state index contributed by atoms with van der Waals surface area (Å²) in [5.41, 5.74) is 2.39. The van der Waals surface area contributed by atoms with Crippen LogP contribution < -0.4 is 0 Å². The van der Waals surface area contributed by atoms with Gasteiger partial charge in [-0.1, -0.05) is 29.8 Å². The normalized spacial score (nSPS) is 12.8. The molecular weight excluding hydrogens is 176 g/mol. The first-order valence-electron chi connectivity index (χ1n) is 5.03. The van der Waals surface area contributed by atoms with E-state index in [2.05, 4.69) is 19.1 Å². The fourth-order valence-corrected chi connectivity index (χ4v) is 1.42. The highest BCUT2D eigenvalue weighted by Gasteiger charge is 2.04. The molecule has 0 saturated carbocycles. The number of benzene rings is 1. The molecule has 1 aromatic rings. The van der Waals surface area contributed by atoms with Crippen molar-refractivity contribution < 1.29 is 9.84 Å². The van der Waals surface area contributed by atoms with Crippen molar-refractivity contribution in [1.29, 1.82) is 0 Å². The summed E-state index contributed by atoms with van der Waals surface area (Å²) in [5, 5.41) is 9.60. The lowest BCUT2D eigenvalue weighted by Crippen LogP contribution is -2.18. The van der Waals surface area contributed by atoms with E-state index >= 15 is 0 Å².